The van der Waals surface area contributed by atoms with Gasteiger partial charge in [-0.1, -0.05) is 37.6 Å². The van der Waals surface area contributed by atoms with Gasteiger partial charge in [-0.05, 0) is 34.3 Å². The van der Waals surface area contributed by atoms with Crippen LogP contribution in [0.15, 0.2) is 24.3 Å². The smallest absolute Gasteiger partial charge is 0.286 e. The van der Waals surface area contributed by atoms with Crippen molar-refractivity contribution in [2.75, 3.05) is 0 Å². The van der Waals surface area contributed by atoms with Crippen molar-refractivity contribution in [3.8, 4) is 0 Å². The van der Waals surface area contributed by atoms with Gasteiger partial charge in [0, 0.05) is 5.56 Å². The van der Waals surface area contributed by atoms with Crippen molar-refractivity contribution in [3.63, 3.8) is 0 Å². The number of Topliss-reactive ketones (excluding diaryl/α,β-unsaturated/α-hetero) is 1. The SMILES string of the molecule is CCCCc1ccc(C(=O)C(F)(F)Br)cc1. The fraction of sp³-hybridized carbons (Fsp3) is 0.417. The van der Waals surface area contributed by atoms with Crippen LogP contribution >= 0.6 is 15.9 Å². The van der Waals surface area contributed by atoms with E-state index in [0.717, 1.165) is 24.8 Å². The molecule has 0 bridgehead atoms. The quantitative estimate of drug-likeness (QED) is 0.587. The third kappa shape index (κ3) is 3.67. The van der Waals surface area contributed by atoms with Crippen LogP contribution in [-0.2, 0) is 6.42 Å². The maximum absolute atomic E-state index is 12.7. The third-order valence-corrected chi connectivity index (χ3v) is 2.65. The van der Waals surface area contributed by atoms with Gasteiger partial charge in [-0.2, -0.15) is 8.78 Å². The zero-order chi connectivity index (χ0) is 12.2. The number of alkyl halides is 3. The Bertz CT molecular complexity index is 354. The van der Waals surface area contributed by atoms with E-state index in [0.29, 0.717) is 0 Å². The Labute approximate surface area is 102 Å². The van der Waals surface area contributed by atoms with Crippen molar-refractivity contribution in [2.45, 2.75) is 31.0 Å². The van der Waals surface area contributed by atoms with Crippen LogP contribution in [-0.4, -0.2) is 10.6 Å². The minimum Gasteiger partial charge on any atom is -0.286 e. The largest absolute Gasteiger partial charge is 0.363 e. The lowest BCUT2D eigenvalue weighted by Gasteiger charge is -2.07. The highest BCUT2D eigenvalue weighted by molar-refractivity contribution is 9.10. The summed E-state index contributed by atoms with van der Waals surface area (Å²) in [5, 5.41) is 0. The molecule has 0 amide bonds. The molecule has 0 saturated carbocycles. The maximum atomic E-state index is 12.7. The molecule has 0 radical (unpaired) electrons. The number of carbonyl (C=O) groups is 1. The van der Waals surface area contributed by atoms with Gasteiger partial charge in [-0.15, -0.1) is 0 Å². The lowest BCUT2D eigenvalue weighted by atomic mass is 10.0. The molecule has 16 heavy (non-hydrogen) atoms. The van der Waals surface area contributed by atoms with Gasteiger partial charge in [0.2, 0.25) is 5.78 Å². The maximum Gasteiger partial charge on any atom is 0.363 e. The molecule has 0 aliphatic rings. The highest BCUT2D eigenvalue weighted by atomic mass is 79.9. The van der Waals surface area contributed by atoms with E-state index in [1.807, 2.05) is 0 Å². The number of unbranched alkanes of at least 4 members (excludes halogenated alkanes) is 1. The summed E-state index contributed by atoms with van der Waals surface area (Å²) in [7, 11) is 0. The molecule has 0 N–H and O–H groups in total. The standard InChI is InChI=1S/C12H13BrF2O/c1-2-3-4-9-5-7-10(8-6-9)11(16)12(13,14)15/h5-8H,2-4H2,1H3. The van der Waals surface area contributed by atoms with Crippen molar-refractivity contribution in [1.82, 2.24) is 0 Å². The topological polar surface area (TPSA) is 17.1 Å². The summed E-state index contributed by atoms with van der Waals surface area (Å²) in [5.74, 6) is -1.20. The van der Waals surface area contributed by atoms with E-state index in [1.165, 1.54) is 12.1 Å². The summed E-state index contributed by atoms with van der Waals surface area (Å²) in [6.45, 7) is 2.09. The summed E-state index contributed by atoms with van der Waals surface area (Å²) < 4.78 is 25.3. The summed E-state index contributed by atoms with van der Waals surface area (Å²) in [6.07, 6.45) is 3.05. The fourth-order valence-corrected chi connectivity index (χ4v) is 1.60. The second-order valence-corrected chi connectivity index (χ2v) is 4.62. The molecule has 4 heteroatoms. The predicted octanol–water partition coefficient (Wildman–Crippen LogP) is 4.20. The van der Waals surface area contributed by atoms with E-state index >= 15 is 0 Å². The molecule has 0 aromatic heterocycles. The van der Waals surface area contributed by atoms with Gasteiger partial charge >= 0.3 is 4.83 Å². The van der Waals surface area contributed by atoms with Crippen LogP contribution < -0.4 is 0 Å². The Morgan fingerprint density at radius 1 is 1.31 bits per heavy atom. The van der Waals surface area contributed by atoms with Gasteiger partial charge in [0.25, 0.3) is 0 Å². The van der Waals surface area contributed by atoms with E-state index in [9.17, 15) is 13.6 Å². The van der Waals surface area contributed by atoms with Crippen molar-refractivity contribution in [1.29, 1.82) is 0 Å². The molecule has 0 aliphatic carbocycles. The molecule has 1 rings (SSSR count). The average Bonchev–Trinajstić information content (AvgIpc) is 2.25. The number of aryl methyl sites for hydroxylation is 1. The number of hydrogen-bond donors (Lipinski definition) is 0. The van der Waals surface area contributed by atoms with Gasteiger partial charge in [0.1, 0.15) is 0 Å². The highest BCUT2D eigenvalue weighted by Crippen LogP contribution is 2.26. The van der Waals surface area contributed by atoms with Gasteiger partial charge in [0.15, 0.2) is 0 Å². The van der Waals surface area contributed by atoms with E-state index in [-0.39, 0.29) is 5.56 Å². The third-order valence-electron chi connectivity index (χ3n) is 2.29. The van der Waals surface area contributed by atoms with Crippen LogP contribution in [0, 0.1) is 0 Å². The fourth-order valence-electron chi connectivity index (χ4n) is 1.37. The minimum atomic E-state index is -3.47. The second-order valence-electron chi connectivity index (χ2n) is 3.63. The molecule has 0 heterocycles. The molecule has 0 atom stereocenters. The second kappa shape index (κ2) is 5.53. The number of halogens is 3. The van der Waals surface area contributed by atoms with Gasteiger partial charge in [-0.25, -0.2) is 0 Å². The molecule has 0 aliphatic heterocycles. The summed E-state index contributed by atoms with van der Waals surface area (Å²) in [5.41, 5.74) is 1.10. The predicted molar refractivity (Wildman–Crippen MR) is 63.3 cm³/mol. The van der Waals surface area contributed by atoms with Crippen LogP contribution in [0.3, 0.4) is 0 Å². The summed E-state index contributed by atoms with van der Waals surface area (Å²) in [4.78, 5) is 7.72. The van der Waals surface area contributed by atoms with E-state index in [2.05, 4.69) is 22.9 Å². The van der Waals surface area contributed by atoms with Gasteiger partial charge < -0.3 is 0 Å². The summed E-state index contributed by atoms with van der Waals surface area (Å²) >= 11 is 2.06. The number of benzene rings is 1. The van der Waals surface area contributed by atoms with Crippen LogP contribution in [0.25, 0.3) is 0 Å². The molecule has 1 aromatic rings. The van der Waals surface area contributed by atoms with E-state index in [1.54, 1.807) is 12.1 Å². The Morgan fingerprint density at radius 2 is 1.88 bits per heavy atom. The average molecular weight is 291 g/mol. The first-order valence-electron chi connectivity index (χ1n) is 5.15. The first-order chi connectivity index (χ1) is 7.45. The zero-order valence-corrected chi connectivity index (χ0v) is 10.6. The first kappa shape index (κ1) is 13.3. The summed E-state index contributed by atoms with van der Waals surface area (Å²) in [6, 6.07) is 6.34. The van der Waals surface area contributed by atoms with Gasteiger partial charge in [0.05, 0.1) is 0 Å². The van der Waals surface area contributed by atoms with Crippen molar-refractivity contribution < 1.29 is 13.6 Å². The Kier molecular flexibility index (Phi) is 4.59. The normalized spacial score (nSPS) is 11.5. The Balaban J connectivity index is 2.75. The monoisotopic (exact) mass is 290 g/mol. The number of ketones is 1. The zero-order valence-electron chi connectivity index (χ0n) is 8.97. The molecule has 1 nitrogen and oxygen atoms in total. The minimum absolute atomic E-state index is 0.0297. The lowest BCUT2D eigenvalue weighted by molar-refractivity contribution is 0.0592. The molecule has 0 unspecified atom stereocenters. The van der Waals surface area contributed by atoms with Crippen LogP contribution in [0.1, 0.15) is 35.7 Å². The Morgan fingerprint density at radius 3 is 2.31 bits per heavy atom. The van der Waals surface area contributed by atoms with Crippen LogP contribution in [0.5, 0.6) is 0 Å². The molecule has 0 spiro atoms. The number of rotatable bonds is 5. The molecule has 1 aromatic carbocycles. The molecular formula is C12H13BrF2O. The van der Waals surface area contributed by atoms with Crippen molar-refractivity contribution in [3.05, 3.63) is 35.4 Å². The molecule has 88 valence electrons. The highest BCUT2D eigenvalue weighted by Gasteiger charge is 2.35. The van der Waals surface area contributed by atoms with Crippen LogP contribution in [0.4, 0.5) is 8.78 Å². The first-order valence-corrected chi connectivity index (χ1v) is 5.95. The molecule has 0 saturated heterocycles. The Hall–Kier alpha value is -0.770. The van der Waals surface area contributed by atoms with Crippen molar-refractivity contribution in [2.24, 2.45) is 0 Å². The number of hydrogen-bond acceptors (Lipinski definition) is 1. The molecule has 0 fully saturated rings. The van der Waals surface area contributed by atoms with Crippen LogP contribution in [0.2, 0.25) is 0 Å². The van der Waals surface area contributed by atoms with Crippen molar-refractivity contribution >= 4 is 21.7 Å². The van der Waals surface area contributed by atoms with Gasteiger partial charge in [-0.3, -0.25) is 4.79 Å². The number of carbonyl (C=O) groups excluding carboxylic acids is 1. The van der Waals surface area contributed by atoms with E-state index < -0.39 is 10.6 Å². The van der Waals surface area contributed by atoms with E-state index in [4.69, 9.17) is 0 Å². The lowest BCUT2D eigenvalue weighted by Crippen LogP contribution is -2.20. The molecular weight excluding hydrogens is 278 g/mol.